The topological polar surface area (TPSA) is 110 Å². The van der Waals surface area contributed by atoms with Crippen LogP contribution in [0.1, 0.15) is 6.92 Å². The van der Waals surface area contributed by atoms with Crippen molar-refractivity contribution in [2.24, 2.45) is 5.92 Å². The average molecular weight is 273 g/mol. The summed E-state index contributed by atoms with van der Waals surface area (Å²) in [6, 6.07) is 3.49. The summed E-state index contributed by atoms with van der Waals surface area (Å²) >= 11 is 5.74. The second-order valence-electron chi connectivity index (χ2n) is 3.47. The lowest BCUT2D eigenvalue weighted by Gasteiger charge is -2.09. The van der Waals surface area contributed by atoms with Crippen molar-refractivity contribution in [3.8, 4) is 0 Å². The van der Waals surface area contributed by atoms with Gasteiger partial charge in [-0.2, -0.15) is 0 Å². The van der Waals surface area contributed by atoms with Crippen LogP contribution in [-0.4, -0.2) is 21.9 Å². The summed E-state index contributed by atoms with van der Waals surface area (Å²) in [4.78, 5) is 32.0. The number of anilines is 1. The van der Waals surface area contributed by atoms with E-state index >= 15 is 0 Å². The number of nitrogens with zero attached hydrogens (tertiary/aromatic N) is 1. The van der Waals surface area contributed by atoms with E-state index in [2.05, 4.69) is 5.32 Å². The molecule has 1 aromatic rings. The van der Waals surface area contributed by atoms with Crippen molar-refractivity contribution in [2.75, 3.05) is 5.32 Å². The zero-order valence-electron chi connectivity index (χ0n) is 9.21. The van der Waals surface area contributed by atoms with E-state index in [0.717, 1.165) is 6.07 Å². The summed E-state index contributed by atoms with van der Waals surface area (Å²) in [5, 5.41) is 21.5. The van der Waals surface area contributed by atoms with Crippen molar-refractivity contribution in [3.05, 3.63) is 33.3 Å². The molecule has 1 aromatic carbocycles. The maximum absolute atomic E-state index is 11.5. The third kappa shape index (κ3) is 3.17. The van der Waals surface area contributed by atoms with Gasteiger partial charge in [-0.15, -0.1) is 0 Å². The van der Waals surface area contributed by atoms with Gasteiger partial charge in [-0.25, -0.2) is 0 Å². The highest BCUT2D eigenvalue weighted by Crippen LogP contribution is 2.27. The van der Waals surface area contributed by atoms with Crippen LogP contribution >= 0.6 is 11.6 Å². The Labute approximate surface area is 107 Å². The van der Waals surface area contributed by atoms with Crippen LogP contribution in [0.4, 0.5) is 11.4 Å². The van der Waals surface area contributed by atoms with E-state index in [4.69, 9.17) is 16.7 Å². The van der Waals surface area contributed by atoms with Gasteiger partial charge < -0.3 is 10.4 Å². The number of amides is 1. The normalized spacial score (nSPS) is 11.7. The maximum atomic E-state index is 11.5. The highest BCUT2D eigenvalue weighted by atomic mass is 35.5. The van der Waals surface area contributed by atoms with Crippen molar-refractivity contribution in [1.82, 2.24) is 0 Å². The van der Waals surface area contributed by atoms with Gasteiger partial charge in [0, 0.05) is 12.1 Å². The van der Waals surface area contributed by atoms with Crippen LogP contribution in [0.5, 0.6) is 0 Å². The van der Waals surface area contributed by atoms with Gasteiger partial charge in [-0.05, 0) is 13.0 Å². The molecule has 0 aromatic heterocycles. The fourth-order valence-corrected chi connectivity index (χ4v) is 1.24. The quantitative estimate of drug-likeness (QED) is 0.494. The lowest BCUT2D eigenvalue weighted by atomic mass is 10.1. The zero-order valence-corrected chi connectivity index (χ0v) is 9.97. The first-order valence-electron chi connectivity index (χ1n) is 4.80. The number of rotatable bonds is 4. The summed E-state index contributed by atoms with van der Waals surface area (Å²) in [5.41, 5.74) is -0.248. The molecule has 0 fully saturated rings. The Balaban J connectivity index is 2.97. The number of hydrogen-bond donors (Lipinski definition) is 2. The number of nitrogens with one attached hydrogen (secondary N) is 1. The SMILES string of the molecule is CC(C(=O)O)C(=O)Nc1cc([N+](=O)[O-])ccc1Cl. The van der Waals surface area contributed by atoms with E-state index in [9.17, 15) is 19.7 Å². The lowest BCUT2D eigenvalue weighted by Crippen LogP contribution is -2.27. The molecule has 1 amide bonds. The summed E-state index contributed by atoms with van der Waals surface area (Å²) < 4.78 is 0. The second kappa shape index (κ2) is 5.46. The molecule has 0 bridgehead atoms. The van der Waals surface area contributed by atoms with Crippen LogP contribution in [0.2, 0.25) is 5.02 Å². The smallest absolute Gasteiger partial charge is 0.315 e. The Morgan fingerprint density at radius 1 is 1.50 bits per heavy atom. The van der Waals surface area contributed by atoms with Gasteiger partial charge in [0.2, 0.25) is 5.91 Å². The van der Waals surface area contributed by atoms with Gasteiger partial charge in [0.15, 0.2) is 0 Å². The summed E-state index contributed by atoms with van der Waals surface area (Å²) in [7, 11) is 0. The van der Waals surface area contributed by atoms with E-state index in [1.807, 2.05) is 0 Å². The first-order chi connectivity index (χ1) is 8.32. The Morgan fingerprint density at radius 2 is 2.11 bits per heavy atom. The number of carboxylic acid groups (broad SMARTS) is 1. The molecule has 0 aliphatic heterocycles. The van der Waals surface area contributed by atoms with Gasteiger partial charge in [0.1, 0.15) is 5.92 Å². The Bertz CT molecular complexity index is 517. The molecule has 0 aliphatic carbocycles. The van der Waals surface area contributed by atoms with Crippen molar-refractivity contribution in [1.29, 1.82) is 0 Å². The third-order valence-corrected chi connectivity index (χ3v) is 2.51. The molecule has 0 radical (unpaired) electrons. The molecule has 18 heavy (non-hydrogen) atoms. The highest BCUT2D eigenvalue weighted by molar-refractivity contribution is 6.33. The number of aliphatic carboxylic acids is 1. The van der Waals surface area contributed by atoms with Crippen molar-refractivity contribution < 1.29 is 19.6 Å². The first kappa shape index (κ1) is 13.9. The van der Waals surface area contributed by atoms with Gasteiger partial charge >= 0.3 is 5.97 Å². The van der Waals surface area contributed by atoms with Crippen molar-refractivity contribution in [3.63, 3.8) is 0 Å². The predicted octanol–water partition coefficient (Wildman–Crippen LogP) is 1.91. The Morgan fingerprint density at radius 3 is 2.61 bits per heavy atom. The van der Waals surface area contributed by atoms with Crippen molar-refractivity contribution in [2.45, 2.75) is 6.92 Å². The molecule has 96 valence electrons. The molecule has 0 spiro atoms. The number of hydrogen-bond acceptors (Lipinski definition) is 4. The minimum atomic E-state index is -1.30. The van der Waals surface area contributed by atoms with Crippen LogP contribution in [0.3, 0.4) is 0 Å². The number of halogens is 1. The standard InChI is InChI=1S/C10H9ClN2O5/c1-5(10(15)16)9(14)12-8-4-6(13(17)18)2-3-7(8)11/h2-5H,1H3,(H,12,14)(H,15,16). The minimum Gasteiger partial charge on any atom is -0.481 e. The van der Waals surface area contributed by atoms with Gasteiger partial charge in [-0.3, -0.25) is 19.7 Å². The summed E-state index contributed by atoms with van der Waals surface area (Å²) in [5.74, 6) is -3.38. The molecular weight excluding hydrogens is 264 g/mol. The molecule has 1 unspecified atom stereocenters. The molecule has 0 aliphatic rings. The number of benzene rings is 1. The summed E-state index contributed by atoms with van der Waals surface area (Å²) in [6.07, 6.45) is 0. The van der Waals surface area contributed by atoms with Gasteiger partial charge in [0.05, 0.1) is 15.6 Å². The molecule has 1 atom stereocenters. The molecule has 7 nitrogen and oxygen atoms in total. The largest absolute Gasteiger partial charge is 0.481 e. The van der Waals surface area contributed by atoms with E-state index in [1.165, 1.54) is 19.1 Å². The van der Waals surface area contributed by atoms with Crippen LogP contribution < -0.4 is 5.32 Å². The van der Waals surface area contributed by atoms with Gasteiger partial charge in [-0.1, -0.05) is 11.6 Å². The fraction of sp³-hybridized carbons (Fsp3) is 0.200. The fourth-order valence-electron chi connectivity index (χ4n) is 1.08. The number of nitro benzene ring substituents is 1. The number of carboxylic acids is 1. The molecule has 0 heterocycles. The molecule has 0 saturated carbocycles. The molecular formula is C10H9ClN2O5. The van der Waals surface area contributed by atoms with E-state index in [1.54, 1.807) is 0 Å². The van der Waals surface area contributed by atoms with E-state index in [0.29, 0.717) is 0 Å². The number of nitro groups is 1. The maximum Gasteiger partial charge on any atom is 0.315 e. The van der Waals surface area contributed by atoms with Crippen LogP contribution in [-0.2, 0) is 9.59 Å². The lowest BCUT2D eigenvalue weighted by molar-refractivity contribution is -0.384. The first-order valence-corrected chi connectivity index (χ1v) is 5.18. The van der Waals surface area contributed by atoms with Gasteiger partial charge in [0.25, 0.3) is 5.69 Å². The van der Waals surface area contributed by atoms with Crippen LogP contribution in [0.15, 0.2) is 18.2 Å². The van der Waals surface area contributed by atoms with Crippen LogP contribution in [0.25, 0.3) is 0 Å². The number of carbonyl (C=O) groups is 2. The van der Waals surface area contributed by atoms with Crippen molar-refractivity contribution >= 4 is 34.9 Å². The van der Waals surface area contributed by atoms with Crippen LogP contribution in [0, 0.1) is 16.0 Å². The molecule has 1 rings (SSSR count). The minimum absolute atomic E-state index is 0.00367. The van der Waals surface area contributed by atoms with E-state index in [-0.39, 0.29) is 16.4 Å². The highest BCUT2D eigenvalue weighted by Gasteiger charge is 2.22. The molecule has 0 saturated heterocycles. The zero-order chi connectivity index (χ0) is 13.9. The Kier molecular flexibility index (Phi) is 4.22. The van der Waals surface area contributed by atoms with E-state index < -0.39 is 22.7 Å². The summed E-state index contributed by atoms with van der Waals surface area (Å²) in [6.45, 7) is 1.20. The Hall–Kier alpha value is -2.15. The molecule has 2 N–H and O–H groups in total. The number of non-ortho nitro benzene ring substituents is 1. The molecule has 8 heteroatoms. The second-order valence-corrected chi connectivity index (χ2v) is 3.88. The predicted molar refractivity (Wildman–Crippen MR) is 63.5 cm³/mol. The monoisotopic (exact) mass is 272 g/mol. The third-order valence-electron chi connectivity index (χ3n) is 2.18. The number of carbonyl (C=O) groups excluding carboxylic acids is 1. The average Bonchev–Trinajstić information content (AvgIpc) is 2.30.